The predicted octanol–water partition coefficient (Wildman–Crippen LogP) is 2.41. The third-order valence-corrected chi connectivity index (χ3v) is 4.07. The van der Waals surface area contributed by atoms with Crippen LogP contribution in [-0.2, 0) is 16.1 Å². The molecular weight excluding hydrogens is 258 g/mol. The van der Waals surface area contributed by atoms with Crippen LogP contribution in [0.15, 0.2) is 30.3 Å². The monoisotopic (exact) mass is 277 g/mol. The van der Waals surface area contributed by atoms with Crippen LogP contribution >= 0.6 is 0 Å². The van der Waals surface area contributed by atoms with Crippen molar-refractivity contribution in [1.29, 1.82) is 0 Å². The molecule has 108 valence electrons. The van der Waals surface area contributed by atoms with E-state index in [0.29, 0.717) is 6.42 Å². The molecule has 0 heterocycles. The molecule has 1 aliphatic rings. The van der Waals surface area contributed by atoms with Crippen LogP contribution in [0.25, 0.3) is 0 Å². The summed E-state index contributed by atoms with van der Waals surface area (Å²) in [5, 5.41) is 11.8. The van der Waals surface area contributed by atoms with Gasteiger partial charge in [-0.25, -0.2) is 4.79 Å². The van der Waals surface area contributed by atoms with Crippen LogP contribution in [0.5, 0.6) is 0 Å². The van der Waals surface area contributed by atoms with Crippen molar-refractivity contribution in [2.45, 2.75) is 32.9 Å². The Morgan fingerprint density at radius 1 is 1.35 bits per heavy atom. The van der Waals surface area contributed by atoms with Crippen molar-refractivity contribution in [3.05, 3.63) is 35.9 Å². The highest BCUT2D eigenvalue weighted by molar-refractivity contribution is 5.74. The average molecular weight is 277 g/mol. The fourth-order valence-corrected chi connectivity index (χ4v) is 2.50. The van der Waals surface area contributed by atoms with E-state index in [0.717, 1.165) is 5.56 Å². The smallest absolute Gasteiger partial charge is 0.407 e. The summed E-state index contributed by atoms with van der Waals surface area (Å²) >= 11 is 0. The molecule has 1 aromatic rings. The van der Waals surface area contributed by atoms with E-state index in [1.165, 1.54) is 0 Å². The Hall–Kier alpha value is -2.04. The van der Waals surface area contributed by atoms with E-state index in [1.54, 1.807) is 0 Å². The Morgan fingerprint density at radius 2 is 2.00 bits per heavy atom. The summed E-state index contributed by atoms with van der Waals surface area (Å²) in [6.07, 6.45) is -0.0567. The highest BCUT2D eigenvalue weighted by Crippen LogP contribution is 2.46. The van der Waals surface area contributed by atoms with Gasteiger partial charge in [-0.1, -0.05) is 44.2 Å². The minimum atomic E-state index is -0.814. The number of carbonyl (C=O) groups is 2. The molecule has 0 bridgehead atoms. The van der Waals surface area contributed by atoms with Crippen LogP contribution < -0.4 is 5.32 Å². The Balaban J connectivity index is 1.80. The number of nitrogens with one attached hydrogen (secondary N) is 1. The molecule has 2 rings (SSSR count). The van der Waals surface area contributed by atoms with Crippen molar-refractivity contribution in [1.82, 2.24) is 5.32 Å². The van der Waals surface area contributed by atoms with Crippen LogP contribution in [0.2, 0.25) is 0 Å². The van der Waals surface area contributed by atoms with Gasteiger partial charge in [0.2, 0.25) is 0 Å². The first-order valence-corrected chi connectivity index (χ1v) is 6.61. The zero-order valence-corrected chi connectivity index (χ0v) is 11.6. The summed E-state index contributed by atoms with van der Waals surface area (Å²) < 4.78 is 5.13. The highest BCUT2D eigenvalue weighted by atomic mass is 16.5. The largest absolute Gasteiger partial charge is 0.481 e. The van der Waals surface area contributed by atoms with E-state index < -0.39 is 23.4 Å². The van der Waals surface area contributed by atoms with E-state index in [2.05, 4.69) is 5.32 Å². The second-order valence-electron chi connectivity index (χ2n) is 5.71. The molecule has 5 nitrogen and oxygen atoms in total. The number of rotatable bonds is 4. The quantitative estimate of drug-likeness (QED) is 0.886. The maximum atomic E-state index is 11.7. The van der Waals surface area contributed by atoms with Crippen LogP contribution in [0.1, 0.15) is 25.8 Å². The molecule has 0 radical (unpaired) electrons. The van der Waals surface area contributed by atoms with Crippen molar-refractivity contribution in [2.24, 2.45) is 11.3 Å². The minimum Gasteiger partial charge on any atom is -0.481 e. The molecule has 0 spiro atoms. The molecule has 2 atom stereocenters. The lowest BCUT2D eigenvalue weighted by atomic mass is 9.58. The van der Waals surface area contributed by atoms with Gasteiger partial charge >= 0.3 is 12.1 Å². The number of hydrogen-bond donors (Lipinski definition) is 2. The van der Waals surface area contributed by atoms with E-state index in [4.69, 9.17) is 9.84 Å². The fourth-order valence-electron chi connectivity index (χ4n) is 2.50. The molecule has 1 fully saturated rings. The fraction of sp³-hybridized carbons (Fsp3) is 0.467. The van der Waals surface area contributed by atoms with Gasteiger partial charge in [0.05, 0.1) is 5.92 Å². The second kappa shape index (κ2) is 5.53. The molecule has 1 aliphatic carbocycles. The number of alkyl carbamates (subject to hydrolysis) is 1. The maximum absolute atomic E-state index is 11.7. The lowest BCUT2D eigenvalue weighted by Crippen LogP contribution is -2.60. The van der Waals surface area contributed by atoms with Crippen molar-refractivity contribution in [2.75, 3.05) is 0 Å². The zero-order valence-electron chi connectivity index (χ0n) is 11.6. The average Bonchev–Trinajstić information content (AvgIpc) is 2.41. The summed E-state index contributed by atoms with van der Waals surface area (Å²) in [6.45, 7) is 3.90. The Kier molecular flexibility index (Phi) is 3.97. The van der Waals surface area contributed by atoms with Gasteiger partial charge < -0.3 is 15.2 Å². The number of carbonyl (C=O) groups excluding carboxylic acids is 1. The number of carboxylic acids is 1. The highest BCUT2D eigenvalue weighted by Gasteiger charge is 2.52. The molecule has 1 amide bonds. The van der Waals surface area contributed by atoms with Crippen molar-refractivity contribution in [3.63, 3.8) is 0 Å². The Bertz CT molecular complexity index is 498. The maximum Gasteiger partial charge on any atom is 0.407 e. The lowest BCUT2D eigenvalue weighted by Gasteiger charge is -2.49. The zero-order chi connectivity index (χ0) is 14.8. The van der Waals surface area contributed by atoms with Crippen LogP contribution in [0, 0.1) is 11.3 Å². The van der Waals surface area contributed by atoms with Gasteiger partial charge in [0, 0.05) is 6.04 Å². The molecule has 0 saturated heterocycles. The van der Waals surface area contributed by atoms with Gasteiger partial charge in [0.1, 0.15) is 6.61 Å². The summed E-state index contributed by atoms with van der Waals surface area (Å²) in [7, 11) is 0. The van der Waals surface area contributed by atoms with E-state index >= 15 is 0 Å². The third-order valence-electron chi connectivity index (χ3n) is 4.07. The second-order valence-corrected chi connectivity index (χ2v) is 5.71. The number of ether oxygens (including phenoxy) is 1. The SMILES string of the molecule is CC1(C)C(NC(=O)OCc2ccccc2)CC1C(=O)O. The summed E-state index contributed by atoms with van der Waals surface area (Å²) in [5.74, 6) is -1.23. The van der Waals surface area contributed by atoms with E-state index in [-0.39, 0.29) is 12.6 Å². The Labute approximate surface area is 117 Å². The first kappa shape index (κ1) is 14.4. The molecule has 2 N–H and O–H groups in total. The van der Waals surface area contributed by atoms with Crippen molar-refractivity contribution < 1.29 is 19.4 Å². The number of hydrogen-bond acceptors (Lipinski definition) is 3. The van der Waals surface area contributed by atoms with Crippen LogP contribution in [0.3, 0.4) is 0 Å². The van der Waals surface area contributed by atoms with Gasteiger partial charge in [-0.05, 0) is 17.4 Å². The molecule has 0 aromatic heterocycles. The van der Waals surface area contributed by atoms with Gasteiger partial charge in [-0.3, -0.25) is 4.79 Å². The number of carboxylic acid groups (broad SMARTS) is 1. The van der Waals surface area contributed by atoms with Crippen molar-refractivity contribution in [3.8, 4) is 0 Å². The molecular formula is C15H19NO4. The first-order valence-electron chi connectivity index (χ1n) is 6.61. The Morgan fingerprint density at radius 3 is 2.55 bits per heavy atom. The van der Waals surface area contributed by atoms with Gasteiger partial charge in [-0.2, -0.15) is 0 Å². The third kappa shape index (κ3) is 2.92. The standard InChI is InChI=1S/C15H19NO4/c1-15(2)11(13(17)18)8-12(15)16-14(19)20-9-10-6-4-3-5-7-10/h3-7,11-12H,8-9H2,1-2H3,(H,16,19)(H,17,18). The normalized spacial score (nSPS) is 23.5. The summed E-state index contributed by atoms with van der Waals surface area (Å²) in [5.41, 5.74) is 0.469. The summed E-state index contributed by atoms with van der Waals surface area (Å²) in [4.78, 5) is 22.7. The van der Waals surface area contributed by atoms with Gasteiger partial charge in [-0.15, -0.1) is 0 Å². The molecule has 0 aliphatic heterocycles. The van der Waals surface area contributed by atoms with Crippen molar-refractivity contribution >= 4 is 12.1 Å². The molecule has 20 heavy (non-hydrogen) atoms. The summed E-state index contributed by atoms with van der Waals surface area (Å²) in [6, 6.07) is 9.24. The van der Waals surface area contributed by atoms with E-state index in [9.17, 15) is 9.59 Å². The van der Waals surface area contributed by atoms with Crippen LogP contribution in [-0.4, -0.2) is 23.2 Å². The molecule has 1 aromatic carbocycles. The predicted molar refractivity (Wildman–Crippen MR) is 73.1 cm³/mol. The lowest BCUT2D eigenvalue weighted by molar-refractivity contribution is -0.155. The van der Waals surface area contributed by atoms with E-state index in [1.807, 2.05) is 44.2 Å². The van der Waals surface area contributed by atoms with Gasteiger partial charge in [0.15, 0.2) is 0 Å². The molecule has 5 heteroatoms. The topological polar surface area (TPSA) is 75.6 Å². The minimum absolute atomic E-state index is 0.160. The number of aliphatic carboxylic acids is 1. The first-order chi connectivity index (χ1) is 9.41. The molecule has 1 saturated carbocycles. The molecule has 2 unspecified atom stereocenters. The van der Waals surface area contributed by atoms with Crippen LogP contribution in [0.4, 0.5) is 4.79 Å². The van der Waals surface area contributed by atoms with Gasteiger partial charge in [0.25, 0.3) is 0 Å². The number of amides is 1. The number of benzene rings is 1.